The number of nitrogens with zero attached hydrogens (tertiary/aromatic N) is 2. The highest BCUT2D eigenvalue weighted by molar-refractivity contribution is 5.75. The first-order valence-corrected chi connectivity index (χ1v) is 5.96. The highest BCUT2D eigenvalue weighted by atomic mass is 19.1. The van der Waals surface area contributed by atoms with Crippen molar-refractivity contribution in [3.8, 4) is 0 Å². The fourth-order valence-corrected chi connectivity index (χ4v) is 2.52. The minimum absolute atomic E-state index is 0.194. The van der Waals surface area contributed by atoms with Gasteiger partial charge in [-0.15, -0.1) is 0 Å². The fourth-order valence-electron chi connectivity index (χ4n) is 2.52. The van der Waals surface area contributed by atoms with Crippen molar-refractivity contribution in [1.29, 1.82) is 0 Å². The SMILES string of the molecule is O=c1[nH]cnc2c1ccn2C1C(F)=C(CO)[C@@H](O)[C@H]1O. The summed E-state index contributed by atoms with van der Waals surface area (Å²) in [6.45, 7) is -0.687. The van der Waals surface area contributed by atoms with Crippen LogP contribution in [0.25, 0.3) is 11.0 Å². The highest BCUT2D eigenvalue weighted by Gasteiger charge is 2.43. The molecule has 1 aliphatic carbocycles. The summed E-state index contributed by atoms with van der Waals surface area (Å²) < 4.78 is 15.5. The van der Waals surface area contributed by atoms with Crippen molar-refractivity contribution >= 4 is 11.0 Å². The lowest BCUT2D eigenvalue weighted by Crippen LogP contribution is -2.30. The molecular weight excluding hydrogens is 269 g/mol. The summed E-state index contributed by atoms with van der Waals surface area (Å²) in [4.78, 5) is 17.9. The minimum atomic E-state index is -1.48. The minimum Gasteiger partial charge on any atom is -0.392 e. The van der Waals surface area contributed by atoms with Gasteiger partial charge in [0, 0.05) is 11.8 Å². The second-order valence-corrected chi connectivity index (χ2v) is 4.60. The number of halogens is 1. The van der Waals surface area contributed by atoms with Crippen LogP contribution in [0.4, 0.5) is 4.39 Å². The molecule has 1 aliphatic rings. The number of H-pyrrole nitrogens is 1. The summed E-state index contributed by atoms with van der Waals surface area (Å²) in [6, 6.07) is 0.240. The van der Waals surface area contributed by atoms with Gasteiger partial charge in [0.15, 0.2) is 0 Å². The quantitative estimate of drug-likeness (QED) is 0.577. The summed E-state index contributed by atoms with van der Waals surface area (Å²) in [6.07, 6.45) is -0.348. The van der Waals surface area contributed by atoms with Gasteiger partial charge in [0.25, 0.3) is 5.56 Å². The summed E-state index contributed by atoms with van der Waals surface area (Å²) in [5, 5.41) is 29.0. The largest absolute Gasteiger partial charge is 0.392 e. The van der Waals surface area contributed by atoms with Gasteiger partial charge in [0.2, 0.25) is 0 Å². The first-order valence-electron chi connectivity index (χ1n) is 5.96. The number of nitrogens with one attached hydrogen (secondary N) is 1. The molecule has 0 saturated heterocycles. The van der Waals surface area contributed by atoms with Crippen LogP contribution in [0, 0.1) is 0 Å². The van der Waals surface area contributed by atoms with Crippen LogP contribution in [-0.2, 0) is 0 Å². The Morgan fingerprint density at radius 2 is 2.20 bits per heavy atom. The smallest absolute Gasteiger partial charge is 0.260 e. The molecule has 0 spiro atoms. The lowest BCUT2D eigenvalue weighted by Gasteiger charge is -2.19. The molecule has 20 heavy (non-hydrogen) atoms. The van der Waals surface area contributed by atoms with E-state index in [0.29, 0.717) is 0 Å². The van der Waals surface area contributed by atoms with Crippen LogP contribution in [0.15, 0.2) is 34.8 Å². The van der Waals surface area contributed by atoms with Crippen LogP contribution in [0.3, 0.4) is 0 Å². The maximum Gasteiger partial charge on any atom is 0.260 e. The maximum atomic E-state index is 14.2. The zero-order valence-corrected chi connectivity index (χ0v) is 10.2. The summed E-state index contributed by atoms with van der Waals surface area (Å²) in [5.41, 5.74) is -0.443. The average molecular weight is 281 g/mol. The van der Waals surface area contributed by atoms with Crippen molar-refractivity contribution in [3.05, 3.63) is 40.3 Å². The lowest BCUT2D eigenvalue weighted by molar-refractivity contribution is 0.0263. The van der Waals surface area contributed by atoms with Gasteiger partial charge >= 0.3 is 0 Å². The van der Waals surface area contributed by atoms with Gasteiger partial charge in [0.05, 0.1) is 18.3 Å². The van der Waals surface area contributed by atoms with Crippen molar-refractivity contribution in [2.45, 2.75) is 18.2 Å². The number of aromatic nitrogens is 3. The van der Waals surface area contributed by atoms with Gasteiger partial charge in [0.1, 0.15) is 29.7 Å². The number of rotatable bonds is 2. The molecule has 0 fully saturated rings. The van der Waals surface area contributed by atoms with Crippen LogP contribution in [-0.4, -0.2) is 48.7 Å². The molecular formula is C12H12FN3O4. The Labute approximate surface area is 111 Å². The molecule has 0 saturated carbocycles. The Kier molecular flexibility index (Phi) is 2.93. The van der Waals surface area contributed by atoms with E-state index >= 15 is 0 Å². The molecule has 0 aliphatic heterocycles. The van der Waals surface area contributed by atoms with Crippen LogP contribution < -0.4 is 5.56 Å². The van der Waals surface area contributed by atoms with Crippen LogP contribution >= 0.6 is 0 Å². The summed E-state index contributed by atoms with van der Waals surface area (Å²) >= 11 is 0. The van der Waals surface area contributed by atoms with Crippen molar-refractivity contribution in [1.82, 2.24) is 14.5 Å². The molecule has 0 bridgehead atoms. The van der Waals surface area contributed by atoms with Crippen molar-refractivity contribution in [2.24, 2.45) is 0 Å². The maximum absolute atomic E-state index is 14.2. The molecule has 2 heterocycles. The molecule has 2 aromatic rings. The molecule has 7 nitrogen and oxygen atoms in total. The highest BCUT2D eigenvalue weighted by Crippen LogP contribution is 2.38. The molecule has 3 rings (SSSR count). The van der Waals surface area contributed by atoms with E-state index in [2.05, 4.69) is 9.97 Å². The van der Waals surface area contributed by atoms with E-state index in [1.165, 1.54) is 23.2 Å². The van der Waals surface area contributed by atoms with Gasteiger partial charge in [-0.05, 0) is 6.07 Å². The van der Waals surface area contributed by atoms with E-state index in [0.717, 1.165) is 0 Å². The van der Waals surface area contributed by atoms with Gasteiger partial charge < -0.3 is 24.9 Å². The van der Waals surface area contributed by atoms with E-state index in [1.807, 2.05) is 0 Å². The third-order valence-corrected chi connectivity index (χ3v) is 3.55. The number of hydrogen-bond acceptors (Lipinski definition) is 5. The second-order valence-electron chi connectivity index (χ2n) is 4.60. The Morgan fingerprint density at radius 3 is 2.85 bits per heavy atom. The molecule has 106 valence electrons. The van der Waals surface area contributed by atoms with E-state index in [1.54, 1.807) is 0 Å². The Morgan fingerprint density at radius 1 is 1.45 bits per heavy atom. The van der Waals surface area contributed by atoms with Crippen LogP contribution in [0.5, 0.6) is 0 Å². The predicted octanol–water partition coefficient (Wildman–Crippen LogP) is -0.783. The van der Waals surface area contributed by atoms with E-state index in [-0.39, 0.29) is 22.2 Å². The Balaban J connectivity index is 2.19. The zero-order chi connectivity index (χ0) is 14.4. The standard InChI is InChI=1S/C12H12FN3O4/c13-7-6(3-17)9(18)10(19)8(7)16-2-1-5-11(16)14-4-15-12(5)20/h1-2,4,8-10,17-19H,3H2,(H,14,15,20)/t8?,9-,10+/m1/s1. The molecule has 0 amide bonds. The third kappa shape index (κ3) is 1.62. The van der Waals surface area contributed by atoms with Crippen molar-refractivity contribution in [3.63, 3.8) is 0 Å². The van der Waals surface area contributed by atoms with Gasteiger partial charge in [-0.25, -0.2) is 9.37 Å². The average Bonchev–Trinajstić information content (AvgIpc) is 2.92. The predicted molar refractivity (Wildman–Crippen MR) is 66.6 cm³/mol. The van der Waals surface area contributed by atoms with E-state index < -0.39 is 30.7 Å². The molecule has 0 aromatic carbocycles. The second kappa shape index (κ2) is 4.51. The van der Waals surface area contributed by atoms with Crippen LogP contribution in [0.1, 0.15) is 6.04 Å². The molecule has 0 radical (unpaired) electrons. The Hall–Kier alpha value is -2.03. The number of aliphatic hydroxyl groups is 3. The number of aromatic amines is 1. The van der Waals surface area contributed by atoms with Gasteiger partial charge in [-0.1, -0.05) is 0 Å². The number of hydrogen-bond donors (Lipinski definition) is 4. The Bertz CT molecular complexity index is 750. The fraction of sp³-hybridized carbons (Fsp3) is 0.333. The van der Waals surface area contributed by atoms with Crippen molar-refractivity contribution in [2.75, 3.05) is 6.61 Å². The first-order chi connectivity index (χ1) is 9.56. The van der Waals surface area contributed by atoms with Gasteiger partial charge in [-0.3, -0.25) is 4.79 Å². The first kappa shape index (κ1) is 13.0. The van der Waals surface area contributed by atoms with Crippen molar-refractivity contribution < 1.29 is 19.7 Å². The molecule has 4 N–H and O–H groups in total. The molecule has 2 aromatic heterocycles. The number of fused-ring (bicyclic) bond motifs is 1. The van der Waals surface area contributed by atoms with E-state index in [9.17, 15) is 19.4 Å². The molecule has 3 atom stereocenters. The topological polar surface area (TPSA) is 111 Å². The summed E-state index contributed by atoms with van der Waals surface area (Å²) in [5.74, 6) is -0.813. The van der Waals surface area contributed by atoms with Gasteiger partial charge in [-0.2, -0.15) is 0 Å². The summed E-state index contributed by atoms with van der Waals surface area (Å²) in [7, 11) is 0. The van der Waals surface area contributed by atoms with Crippen LogP contribution in [0.2, 0.25) is 0 Å². The normalized spacial score (nSPS) is 26.7. The monoisotopic (exact) mass is 281 g/mol. The van der Waals surface area contributed by atoms with E-state index in [4.69, 9.17) is 5.11 Å². The lowest BCUT2D eigenvalue weighted by atomic mass is 10.1. The molecule has 8 heteroatoms. The number of aliphatic hydroxyl groups excluding tert-OH is 3. The zero-order valence-electron chi connectivity index (χ0n) is 10.2. The third-order valence-electron chi connectivity index (χ3n) is 3.55. The molecule has 1 unspecified atom stereocenters.